The molecule has 0 spiro atoms. The van der Waals surface area contributed by atoms with E-state index in [1.807, 2.05) is 0 Å². The number of alkyl halides is 4. The molecule has 0 aliphatic heterocycles. The second-order valence-electron chi connectivity index (χ2n) is 7.99. The fourth-order valence-corrected chi connectivity index (χ4v) is 3.85. The van der Waals surface area contributed by atoms with Crippen molar-refractivity contribution in [3.05, 3.63) is 59.2 Å². The number of halogens is 4. The van der Waals surface area contributed by atoms with E-state index >= 15 is 0 Å². The van der Waals surface area contributed by atoms with E-state index in [9.17, 15) is 27.5 Å². The van der Waals surface area contributed by atoms with Crippen LogP contribution in [0.3, 0.4) is 0 Å². The Morgan fingerprint density at radius 3 is 2.79 bits per heavy atom. The van der Waals surface area contributed by atoms with Crippen LogP contribution in [0.1, 0.15) is 46.1 Å². The zero-order valence-corrected chi connectivity index (χ0v) is 17.5. The number of anilines is 1. The van der Waals surface area contributed by atoms with Crippen LogP contribution in [0.2, 0.25) is 0 Å². The number of nitrogens with one attached hydrogen (secondary N) is 1. The first-order valence-corrected chi connectivity index (χ1v) is 10.2. The van der Waals surface area contributed by atoms with Crippen LogP contribution in [-0.4, -0.2) is 49.5 Å². The maximum absolute atomic E-state index is 14.3. The van der Waals surface area contributed by atoms with Gasteiger partial charge in [-0.25, -0.2) is 14.4 Å². The van der Waals surface area contributed by atoms with Crippen LogP contribution in [0.25, 0.3) is 0 Å². The lowest BCUT2D eigenvalue weighted by Crippen LogP contribution is -2.27. The van der Waals surface area contributed by atoms with Crippen LogP contribution in [0, 0.1) is 12.8 Å². The molecule has 0 radical (unpaired) electrons. The van der Waals surface area contributed by atoms with E-state index in [0.717, 1.165) is 6.07 Å². The Morgan fingerprint density at radius 1 is 1.33 bits per heavy atom. The predicted molar refractivity (Wildman–Crippen MR) is 107 cm³/mol. The molecule has 3 heterocycles. The van der Waals surface area contributed by atoms with Crippen molar-refractivity contribution < 1.29 is 31.9 Å². The summed E-state index contributed by atoms with van der Waals surface area (Å²) in [5, 5.41) is 16.4. The van der Waals surface area contributed by atoms with Crippen molar-refractivity contribution >= 4 is 11.6 Å². The van der Waals surface area contributed by atoms with Crippen molar-refractivity contribution in [3.63, 3.8) is 0 Å². The lowest BCUT2D eigenvalue weighted by molar-refractivity contribution is -0.153. The second kappa shape index (κ2) is 8.93. The van der Waals surface area contributed by atoms with E-state index in [-0.39, 0.29) is 48.3 Å². The molecule has 1 saturated carbocycles. The molecule has 0 amide bonds. The smallest absolute Gasteiger partial charge is 0.449 e. The molecule has 12 heteroatoms. The first-order chi connectivity index (χ1) is 15.7. The lowest BCUT2D eigenvalue weighted by atomic mass is 10.1. The number of carbonyl (C=O) groups excluding carboxylic acids is 1. The molecule has 4 rings (SSSR count). The molecule has 0 saturated heterocycles. The summed E-state index contributed by atoms with van der Waals surface area (Å²) in [6.07, 6.45) is -2.66. The Hall–Kier alpha value is -3.28. The molecule has 1 aliphatic rings. The number of aliphatic hydroxyl groups is 1. The molecule has 0 aromatic carbocycles. The van der Waals surface area contributed by atoms with Gasteiger partial charge in [0, 0.05) is 18.5 Å². The fraction of sp³-hybridized carbons (Fsp3) is 0.429. The topological polar surface area (TPSA) is 106 Å². The summed E-state index contributed by atoms with van der Waals surface area (Å²) in [4.78, 5) is 21.0. The highest BCUT2D eigenvalue weighted by molar-refractivity contribution is 6.10. The third-order valence-electron chi connectivity index (χ3n) is 5.58. The largest absolute Gasteiger partial charge is 0.455 e. The summed E-state index contributed by atoms with van der Waals surface area (Å²) in [6.45, 7) is 1.43. The van der Waals surface area contributed by atoms with Gasteiger partial charge in [0.05, 0.1) is 18.2 Å². The van der Waals surface area contributed by atoms with Crippen LogP contribution in [-0.2, 0) is 12.7 Å². The van der Waals surface area contributed by atoms with E-state index in [1.165, 1.54) is 29.3 Å². The number of aryl methyl sites for hydroxylation is 1. The SMILES string of the molecule is Cc1cc(C(=O)c2cncnc2NC2CC(CO)CC2F)nn1Cc1ccc(C(F)(F)F)o1. The monoisotopic (exact) mass is 467 g/mol. The first-order valence-electron chi connectivity index (χ1n) is 10.2. The average molecular weight is 467 g/mol. The molecule has 33 heavy (non-hydrogen) atoms. The summed E-state index contributed by atoms with van der Waals surface area (Å²) >= 11 is 0. The maximum Gasteiger partial charge on any atom is 0.449 e. The van der Waals surface area contributed by atoms with Gasteiger partial charge in [0.15, 0.2) is 0 Å². The average Bonchev–Trinajstić information content (AvgIpc) is 3.48. The molecule has 1 fully saturated rings. The molecule has 176 valence electrons. The van der Waals surface area contributed by atoms with Crippen molar-refractivity contribution in [2.24, 2.45) is 5.92 Å². The number of hydrogen-bond donors (Lipinski definition) is 2. The number of carbonyl (C=O) groups is 1. The van der Waals surface area contributed by atoms with Crippen LogP contribution in [0.5, 0.6) is 0 Å². The molecular weight excluding hydrogens is 446 g/mol. The standard InChI is InChI=1S/C21H21F4N5O3/c1-11-4-17(29-30(11)8-13-2-3-18(33-13)21(23,24)25)19(32)14-7-26-10-27-20(14)28-16-6-12(9-31)5-15(16)22/h2-4,7,10,12,15-16,31H,5-6,8-9H2,1H3,(H,26,27,28). The van der Waals surface area contributed by atoms with Gasteiger partial charge in [-0.15, -0.1) is 0 Å². The van der Waals surface area contributed by atoms with Crippen molar-refractivity contribution in [1.29, 1.82) is 0 Å². The quantitative estimate of drug-likeness (QED) is 0.405. The molecule has 3 atom stereocenters. The molecule has 1 aliphatic carbocycles. The van der Waals surface area contributed by atoms with E-state index in [0.29, 0.717) is 12.1 Å². The molecule has 8 nitrogen and oxygen atoms in total. The number of rotatable bonds is 7. The molecule has 3 unspecified atom stereocenters. The van der Waals surface area contributed by atoms with Crippen molar-refractivity contribution in [3.8, 4) is 0 Å². The van der Waals surface area contributed by atoms with E-state index in [4.69, 9.17) is 4.42 Å². The highest BCUT2D eigenvalue weighted by atomic mass is 19.4. The Kier molecular flexibility index (Phi) is 6.19. The summed E-state index contributed by atoms with van der Waals surface area (Å²) in [5.41, 5.74) is 0.642. The predicted octanol–water partition coefficient (Wildman–Crippen LogP) is 3.39. The van der Waals surface area contributed by atoms with Crippen molar-refractivity contribution in [1.82, 2.24) is 19.7 Å². The van der Waals surface area contributed by atoms with Gasteiger partial charge in [0.2, 0.25) is 11.5 Å². The molecule has 3 aromatic heterocycles. The van der Waals surface area contributed by atoms with Gasteiger partial charge in [0.1, 0.15) is 29.8 Å². The Morgan fingerprint density at radius 2 is 2.12 bits per heavy atom. The number of hydrogen-bond acceptors (Lipinski definition) is 7. The molecule has 0 bridgehead atoms. The first kappa shape index (κ1) is 22.9. The van der Waals surface area contributed by atoms with Crippen LogP contribution >= 0.6 is 0 Å². The number of aliphatic hydroxyl groups excluding tert-OH is 1. The van der Waals surface area contributed by atoms with Gasteiger partial charge < -0.3 is 14.8 Å². The second-order valence-corrected chi connectivity index (χ2v) is 7.99. The number of furan rings is 1. The van der Waals surface area contributed by atoms with Gasteiger partial charge >= 0.3 is 6.18 Å². The van der Waals surface area contributed by atoms with Crippen LogP contribution < -0.4 is 5.32 Å². The minimum Gasteiger partial charge on any atom is -0.455 e. The maximum atomic E-state index is 14.3. The van der Waals surface area contributed by atoms with E-state index < -0.39 is 29.9 Å². The highest BCUT2D eigenvalue weighted by Crippen LogP contribution is 2.32. The fourth-order valence-electron chi connectivity index (χ4n) is 3.85. The van der Waals surface area contributed by atoms with Gasteiger partial charge in [-0.3, -0.25) is 9.48 Å². The number of ketones is 1. The van der Waals surface area contributed by atoms with Crippen LogP contribution in [0.4, 0.5) is 23.4 Å². The van der Waals surface area contributed by atoms with E-state index in [1.54, 1.807) is 6.92 Å². The van der Waals surface area contributed by atoms with Crippen LogP contribution in [0.15, 0.2) is 35.1 Å². The molecule has 3 aromatic rings. The summed E-state index contributed by atoms with van der Waals surface area (Å²) in [5.74, 6) is -1.63. The third-order valence-corrected chi connectivity index (χ3v) is 5.58. The normalized spacial score (nSPS) is 20.8. The number of aromatic nitrogens is 4. The van der Waals surface area contributed by atoms with Crippen molar-refractivity contribution in [2.45, 2.75) is 44.7 Å². The lowest BCUT2D eigenvalue weighted by Gasteiger charge is -2.17. The Bertz CT molecular complexity index is 1140. The Balaban J connectivity index is 1.53. The van der Waals surface area contributed by atoms with E-state index in [2.05, 4.69) is 20.4 Å². The summed E-state index contributed by atoms with van der Waals surface area (Å²) < 4.78 is 58.7. The van der Waals surface area contributed by atoms with Gasteiger partial charge in [-0.05, 0) is 43.9 Å². The van der Waals surface area contributed by atoms with Gasteiger partial charge in [-0.2, -0.15) is 18.3 Å². The van der Waals surface area contributed by atoms with Gasteiger partial charge in [0.25, 0.3) is 0 Å². The zero-order valence-electron chi connectivity index (χ0n) is 17.5. The minimum atomic E-state index is -4.59. The van der Waals surface area contributed by atoms with Crippen molar-refractivity contribution in [2.75, 3.05) is 11.9 Å². The third kappa shape index (κ3) is 4.90. The molecule has 2 N–H and O–H groups in total. The Labute approximate surface area is 185 Å². The zero-order chi connectivity index (χ0) is 23.8. The minimum absolute atomic E-state index is 0.0319. The van der Waals surface area contributed by atoms with Gasteiger partial charge in [-0.1, -0.05) is 0 Å². The number of nitrogens with zero attached hydrogens (tertiary/aromatic N) is 4. The molecular formula is C21H21F4N5O3. The summed E-state index contributed by atoms with van der Waals surface area (Å²) in [6, 6.07) is 2.92. The summed E-state index contributed by atoms with van der Waals surface area (Å²) in [7, 11) is 0. The highest BCUT2D eigenvalue weighted by Gasteiger charge is 2.36.